The van der Waals surface area contributed by atoms with E-state index in [-0.39, 0.29) is 0 Å². The first-order valence-electron chi connectivity index (χ1n) is 5.36. The molecule has 2 rings (SSSR count). The zero-order valence-corrected chi connectivity index (χ0v) is 12.1. The number of hydrogen-bond acceptors (Lipinski definition) is 4. The molecule has 1 N–H and O–H groups in total. The molecule has 1 aromatic carbocycles. The molecule has 5 nitrogen and oxygen atoms in total. The summed E-state index contributed by atoms with van der Waals surface area (Å²) in [5, 5.41) is 9.91. The lowest BCUT2D eigenvalue weighted by molar-refractivity contribution is -0.138. The van der Waals surface area contributed by atoms with Crippen LogP contribution in [-0.2, 0) is 4.79 Å². The maximum absolute atomic E-state index is 11.0. The van der Waals surface area contributed by atoms with Gasteiger partial charge in [0, 0.05) is 16.0 Å². The maximum atomic E-state index is 11.0. The molecule has 1 heterocycles. The summed E-state index contributed by atoms with van der Waals surface area (Å²) >= 11 is 2.21. The lowest BCUT2D eigenvalue weighted by Crippen LogP contribution is -2.36. The molecule has 0 amide bonds. The SMILES string of the molecule is CC(C(=O)O)N(C)c1ncnc2ccc(I)cc12. The molecule has 2 aromatic rings. The van der Waals surface area contributed by atoms with E-state index in [9.17, 15) is 4.79 Å². The van der Waals surface area contributed by atoms with Gasteiger partial charge < -0.3 is 10.0 Å². The third kappa shape index (κ3) is 2.38. The molecule has 0 saturated carbocycles. The second kappa shape index (κ2) is 5.05. The van der Waals surface area contributed by atoms with Gasteiger partial charge in [-0.3, -0.25) is 0 Å². The summed E-state index contributed by atoms with van der Waals surface area (Å²) in [6.07, 6.45) is 1.45. The van der Waals surface area contributed by atoms with Crippen LogP contribution in [0.1, 0.15) is 6.92 Å². The van der Waals surface area contributed by atoms with Gasteiger partial charge in [-0.1, -0.05) is 0 Å². The zero-order chi connectivity index (χ0) is 13.3. The van der Waals surface area contributed by atoms with Crippen molar-refractivity contribution >= 4 is 45.3 Å². The molecule has 18 heavy (non-hydrogen) atoms. The van der Waals surface area contributed by atoms with E-state index in [0.29, 0.717) is 5.82 Å². The van der Waals surface area contributed by atoms with Crippen LogP contribution in [-0.4, -0.2) is 34.1 Å². The molecule has 0 saturated heterocycles. The first-order valence-corrected chi connectivity index (χ1v) is 6.44. The standard InChI is InChI=1S/C12H12IN3O2/c1-7(12(17)18)16(2)11-9-5-8(13)3-4-10(9)14-6-15-11/h3-7H,1-2H3,(H,17,18). The Balaban J connectivity index is 2.56. The van der Waals surface area contributed by atoms with Crippen LogP contribution in [0, 0.1) is 3.57 Å². The summed E-state index contributed by atoms with van der Waals surface area (Å²) in [5.41, 5.74) is 0.810. The molecule has 94 valence electrons. The quantitative estimate of drug-likeness (QED) is 0.853. The summed E-state index contributed by atoms with van der Waals surface area (Å²) in [7, 11) is 1.72. The average molecular weight is 357 g/mol. The van der Waals surface area contributed by atoms with Crippen molar-refractivity contribution in [3.8, 4) is 0 Å². The Hall–Kier alpha value is -1.44. The van der Waals surface area contributed by atoms with Crippen LogP contribution in [0.5, 0.6) is 0 Å². The molecule has 0 aliphatic heterocycles. The fraction of sp³-hybridized carbons (Fsp3) is 0.250. The Morgan fingerprint density at radius 2 is 2.17 bits per heavy atom. The Labute approximate surface area is 118 Å². The predicted molar refractivity (Wildman–Crippen MR) is 77.8 cm³/mol. The molecule has 0 fully saturated rings. The van der Waals surface area contributed by atoms with Crippen molar-refractivity contribution in [1.82, 2.24) is 9.97 Å². The molecule has 1 unspecified atom stereocenters. The fourth-order valence-corrected chi connectivity index (χ4v) is 2.14. The molecule has 0 spiro atoms. The van der Waals surface area contributed by atoms with Crippen molar-refractivity contribution in [2.24, 2.45) is 0 Å². The highest BCUT2D eigenvalue weighted by molar-refractivity contribution is 14.1. The molecular weight excluding hydrogens is 345 g/mol. The molecule has 1 atom stereocenters. The second-order valence-electron chi connectivity index (χ2n) is 3.98. The van der Waals surface area contributed by atoms with Crippen molar-refractivity contribution in [3.63, 3.8) is 0 Å². The number of benzene rings is 1. The minimum atomic E-state index is -0.880. The van der Waals surface area contributed by atoms with Crippen LogP contribution in [0.25, 0.3) is 10.9 Å². The predicted octanol–water partition coefficient (Wildman–Crippen LogP) is 2.14. The Morgan fingerprint density at radius 3 is 2.83 bits per heavy atom. The molecule has 0 bridgehead atoms. The van der Waals surface area contributed by atoms with Crippen molar-refractivity contribution in [3.05, 3.63) is 28.1 Å². The summed E-state index contributed by atoms with van der Waals surface area (Å²) in [6.45, 7) is 1.63. The number of likely N-dealkylation sites (N-methyl/N-ethyl adjacent to an activating group) is 1. The number of carbonyl (C=O) groups is 1. The number of anilines is 1. The Bertz CT molecular complexity index is 603. The average Bonchev–Trinajstić information content (AvgIpc) is 2.36. The van der Waals surface area contributed by atoms with Gasteiger partial charge in [-0.2, -0.15) is 0 Å². The van der Waals surface area contributed by atoms with E-state index in [1.807, 2.05) is 18.2 Å². The van der Waals surface area contributed by atoms with Gasteiger partial charge in [0.1, 0.15) is 18.2 Å². The first kappa shape index (κ1) is 13.0. The van der Waals surface area contributed by atoms with E-state index >= 15 is 0 Å². The summed E-state index contributed by atoms with van der Waals surface area (Å²) in [4.78, 5) is 21.1. The van der Waals surface area contributed by atoms with Crippen LogP contribution in [0.15, 0.2) is 24.5 Å². The minimum absolute atomic E-state index is 0.633. The van der Waals surface area contributed by atoms with Gasteiger partial charge in [0.05, 0.1) is 5.52 Å². The maximum Gasteiger partial charge on any atom is 0.326 e. The molecule has 0 aliphatic carbocycles. The summed E-state index contributed by atoms with van der Waals surface area (Å²) in [5.74, 6) is -0.247. The fourth-order valence-electron chi connectivity index (χ4n) is 1.65. The number of carboxylic acid groups (broad SMARTS) is 1. The van der Waals surface area contributed by atoms with Gasteiger partial charge in [-0.15, -0.1) is 0 Å². The van der Waals surface area contributed by atoms with Gasteiger partial charge in [0.15, 0.2) is 0 Å². The topological polar surface area (TPSA) is 66.3 Å². The van der Waals surface area contributed by atoms with Crippen LogP contribution in [0.2, 0.25) is 0 Å². The molecule has 1 aromatic heterocycles. The van der Waals surface area contributed by atoms with E-state index < -0.39 is 12.0 Å². The number of hydrogen-bond donors (Lipinski definition) is 1. The highest BCUT2D eigenvalue weighted by Crippen LogP contribution is 2.25. The lowest BCUT2D eigenvalue weighted by atomic mass is 10.2. The number of rotatable bonds is 3. The van der Waals surface area contributed by atoms with Gasteiger partial charge in [-0.05, 0) is 47.7 Å². The van der Waals surface area contributed by atoms with E-state index in [1.165, 1.54) is 6.33 Å². The minimum Gasteiger partial charge on any atom is -0.480 e. The van der Waals surface area contributed by atoms with Crippen LogP contribution in [0.3, 0.4) is 0 Å². The highest BCUT2D eigenvalue weighted by Gasteiger charge is 2.20. The Morgan fingerprint density at radius 1 is 1.44 bits per heavy atom. The smallest absolute Gasteiger partial charge is 0.326 e. The molecule has 6 heteroatoms. The number of carboxylic acids is 1. The third-order valence-electron chi connectivity index (χ3n) is 2.85. The van der Waals surface area contributed by atoms with Gasteiger partial charge in [0.2, 0.25) is 0 Å². The van der Waals surface area contributed by atoms with E-state index in [1.54, 1.807) is 18.9 Å². The second-order valence-corrected chi connectivity index (χ2v) is 5.23. The van der Waals surface area contributed by atoms with Gasteiger partial charge in [-0.25, -0.2) is 14.8 Å². The molecule has 0 radical (unpaired) electrons. The largest absolute Gasteiger partial charge is 0.480 e. The number of nitrogens with zero attached hydrogens (tertiary/aromatic N) is 3. The first-order chi connectivity index (χ1) is 8.50. The van der Waals surface area contributed by atoms with Crippen LogP contribution in [0.4, 0.5) is 5.82 Å². The van der Waals surface area contributed by atoms with Crippen molar-refractivity contribution in [2.45, 2.75) is 13.0 Å². The normalized spacial score (nSPS) is 12.4. The number of aromatic nitrogens is 2. The lowest BCUT2D eigenvalue weighted by Gasteiger charge is -2.23. The van der Waals surface area contributed by atoms with Crippen molar-refractivity contribution in [2.75, 3.05) is 11.9 Å². The van der Waals surface area contributed by atoms with Crippen LogP contribution < -0.4 is 4.90 Å². The third-order valence-corrected chi connectivity index (χ3v) is 3.52. The summed E-state index contributed by atoms with van der Waals surface area (Å²) < 4.78 is 1.06. The Kier molecular flexibility index (Phi) is 3.65. The summed E-state index contributed by atoms with van der Waals surface area (Å²) in [6, 6.07) is 5.18. The molecule has 0 aliphatic rings. The molecular formula is C12H12IN3O2. The highest BCUT2D eigenvalue weighted by atomic mass is 127. The van der Waals surface area contributed by atoms with Gasteiger partial charge in [0.25, 0.3) is 0 Å². The van der Waals surface area contributed by atoms with Crippen LogP contribution >= 0.6 is 22.6 Å². The van der Waals surface area contributed by atoms with Crippen molar-refractivity contribution < 1.29 is 9.90 Å². The number of fused-ring (bicyclic) bond motifs is 1. The zero-order valence-electron chi connectivity index (χ0n) is 9.96. The number of halogens is 1. The number of aliphatic carboxylic acids is 1. The van der Waals surface area contributed by atoms with Crippen molar-refractivity contribution in [1.29, 1.82) is 0 Å². The van der Waals surface area contributed by atoms with E-state index in [2.05, 4.69) is 32.6 Å². The van der Waals surface area contributed by atoms with E-state index in [0.717, 1.165) is 14.5 Å². The monoisotopic (exact) mass is 357 g/mol. The van der Waals surface area contributed by atoms with Gasteiger partial charge >= 0.3 is 5.97 Å². The van der Waals surface area contributed by atoms with E-state index in [4.69, 9.17) is 5.11 Å².